The van der Waals surface area contributed by atoms with E-state index in [1.807, 2.05) is 30.3 Å². The summed E-state index contributed by atoms with van der Waals surface area (Å²) >= 11 is 12.2. The number of para-hydroxylation sites is 1. The van der Waals surface area contributed by atoms with E-state index in [1.165, 1.54) is 11.0 Å². The van der Waals surface area contributed by atoms with Crippen molar-refractivity contribution in [3.8, 4) is 5.75 Å². The van der Waals surface area contributed by atoms with Gasteiger partial charge < -0.3 is 30.7 Å². The predicted octanol–water partition coefficient (Wildman–Crippen LogP) is 1.67. The maximum atomic E-state index is 11.2. The minimum atomic E-state index is -1.26. The standard InChI is InChI=1S/C22H23Cl2N5O5/c23-14-6-5-13(15(24)7-14)10-33-16-4-2-1-3-12(16)8-26-9-17-18(30)19(31)22(34-17)29-11-27-21(28-29)20(25)32/h1-7,11,17-19,22,26,30-31H,8-10H2,(H2,25,32)/t17-,18-,19-,22-/m1/s1. The Kier molecular flexibility index (Phi) is 7.67. The lowest BCUT2D eigenvalue weighted by atomic mass is 10.1. The first kappa shape index (κ1) is 24.4. The van der Waals surface area contributed by atoms with Crippen LogP contribution in [-0.4, -0.2) is 55.7 Å². The fraction of sp³-hybridized carbons (Fsp3) is 0.318. The SMILES string of the molecule is NC(=O)c1ncn([C@@H]2O[C@H](CNCc3ccccc3OCc3ccc(Cl)cc3Cl)[C@@H](O)[C@H]2O)n1. The van der Waals surface area contributed by atoms with E-state index >= 15 is 0 Å². The zero-order valence-electron chi connectivity index (χ0n) is 17.8. The van der Waals surface area contributed by atoms with Gasteiger partial charge >= 0.3 is 0 Å². The first-order valence-corrected chi connectivity index (χ1v) is 11.2. The summed E-state index contributed by atoms with van der Waals surface area (Å²) in [5.41, 5.74) is 6.85. The molecule has 1 aliphatic rings. The third-order valence-corrected chi connectivity index (χ3v) is 5.95. The summed E-state index contributed by atoms with van der Waals surface area (Å²) in [7, 11) is 0. The third-order valence-electron chi connectivity index (χ3n) is 5.36. The van der Waals surface area contributed by atoms with Crippen LogP contribution in [0.1, 0.15) is 28.0 Å². The molecular weight excluding hydrogens is 485 g/mol. The van der Waals surface area contributed by atoms with Crippen LogP contribution < -0.4 is 15.8 Å². The van der Waals surface area contributed by atoms with Crippen molar-refractivity contribution >= 4 is 29.1 Å². The van der Waals surface area contributed by atoms with Crippen LogP contribution in [0.4, 0.5) is 0 Å². The molecule has 4 atom stereocenters. The van der Waals surface area contributed by atoms with Gasteiger partial charge in [0, 0.05) is 34.3 Å². The van der Waals surface area contributed by atoms with Crippen LogP contribution in [0.2, 0.25) is 10.0 Å². The molecule has 1 aliphatic heterocycles. The smallest absolute Gasteiger partial charge is 0.288 e. The van der Waals surface area contributed by atoms with Crippen LogP contribution in [-0.2, 0) is 17.9 Å². The number of nitrogens with one attached hydrogen (secondary N) is 1. The number of benzene rings is 2. The zero-order valence-corrected chi connectivity index (χ0v) is 19.4. The predicted molar refractivity (Wildman–Crippen MR) is 123 cm³/mol. The lowest BCUT2D eigenvalue weighted by Gasteiger charge is -2.17. The molecule has 1 amide bonds. The summed E-state index contributed by atoms with van der Waals surface area (Å²) in [5.74, 6) is -0.332. The third kappa shape index (κ3) is 5.49. The summed E-state index contributed by atoms with van der Waals surface area (Å²) in [5, 5.41) is 28.9. The molecule has 10 nitrogen and oxygen atoms in total. The average Bonchev–Trinajstić information content (AvgIpc) is 3.40. The van der Waals surface area contributed by atoms with Gasteiger partial charge in [0.2, 0.25) is 5.82 Å². The normalized spacial score (nSPS) is 22.1. The molecule has 0 bridgehead atoms. The number of aliphatic hydroxyl groups is 2. The van der Waals surface area contributed by atoms with E-state index in [0.29, 0.717) is 22.3 Å². The largest absolute Gasteiger partial charge is 0.489 e. The van der Waals surface area contributed by atoms with Crippen molar-refractivity contribution in [3.05, 3.63) is 75.8 Å². The molecule has 4 rings (SSSR count). The maximum absolute atomic E-state index is 11.2. The van der Waals surface area contributed by atoms with Gasteiger partial charge in [0.15, 0.2) is 6.23 Å². The van der Waals surface area contributed by atoms with Crippen molar-refractivity contribution in [1.82, 2.24) is 20.1 Å². The van der Waals surface area contributed by atoms with E-state index in [2.05, 4.69) is 15.4 Å². The number of aliphatic hydroxyl groups excluding tert-OH is 2. The van der Waals surface area contributed by atoms with Gasteiger partial charge in [-0.1, -0.05) is 47.5 Å². The van der Waals surface area contributed by atoms with Gasteiger partial charge in [-0.05, 0) is 18.2 Å². The van der Waals surface area contributed by atoms with Crippen molar-refractivity contribution in [2.45, 2.75) is 37.7 Å². The van der Waals surface area contributed by atoms with Crippen LogP contribution in [0.5, 0.6) is 5.75 Å². The Morgan fingerprint density at radius 3 is 2.71 bits per heavy atom. The number of amides is 1. The Hall–Kier alpha value is -2.73. The number of hydrogen-bond donors (Lipinski definition) is 4. The first-order valence-electron chi connectivity index (χ1n) is 10.4. The number of halogens is 2. The highest BCUT2D eigenvalue weighted by molar-refractivity contribution is 6.35. The van der Waals surface area contributed by atoms with Gasteiger partial charge in [-0.3, -0.25) is 4.79 Å². The van der Waals surface area contributed by atoms with E-state index in [9.17, 15) is 15.0 Å². The number of nitrogens with zero attached hydrogens (tertiary/aromatic N) is 3. The molecule has 1 saturated heterocycles. The number of nitrogens with two attached hydrogens (primary N) is 1. The Bertz CT molecular complexity index is 1160. The molecule has 0 spiro atoms. The number of ether oxygens (including phenoxy) is 2. The average molecular weight is 508 g/mol. The molecule has 1 fully saturated rings. The molecule has 5 N–H and O–H groups in total. The topological polar surface area (TPSA) is 145 Å². The Morgan fingerprint density at radius 2 is 1.97 bits per heavy atom. The van der Waals surface area contributed by atoms with Gasteiger partial charge in [-0.25, -0.2) is 9.67 Å². The molecule has 1 aromatic heterocycles. The molecule has 180 valence electrons. The van der Waals surface area contributed by atoms with Gasteiger partial charge in [0.25, 0.3) is 5.91 Å². The monoisotopic (exact) mass is 507 g/mol. The van der Waals surface area contributed by atoms with E-state index in [0.717, 1.165) is 11.1 Å². The summed E-state index contributed by atoms with van der Waals surface area (Å²) in [4.78, 5) is 15.0. The molecule has 2 aromatic carbocycles. The van der Waals surface area contributed by atoms with E-state index < -0.39 is 30.4 Å². The fourth-order valence-electron chi connectivity index (χ4n) is 3.56. The second-order valence-electron chi connectivity index (χ2n) is 7.72. The Balaban J connectivity index is 1.34. The van der Waals surface area contributed by atoms with Gasteiger partial charge in [-0.2, -0.15) is 0 Å². The quantitative estimate of drug-likeness (QED) is 0.342. The molecular formula is C22H23Cl2N5O5. The number of primary amides is 1. The Labute approximate surface area is 205 Å². The molecule has 12 heteroatoms. The summed E-state index contributed by atoms with van der Waals surface area (Å²) < 4.78 is 12.9. The minimum Gasteiger partial charge on any atom is -0.489 e. The fourth-order valence-corrected chi connectivity index (χ4v) is 4.02. The second-order valence-corrected chi connectivity index (χ2v) is 8.57. The molecule has 34 heavy (non-hydrogen) atoms. The van der Waals surface area contributed by atoms with Crippen LogP contribution in [0.3, 0.4) is 0 Å². The lowest BCUT2D eigenvalue weighted by molar-refractivity contribution is -0.0439. The minimum absolute atomic E-state index is 0.205. The highest BCUT2D eigenvalue weighted by Crippen LogP contribution is 2.29. The first-order chi connectivity index (χ1) is 16.3. The molecule has 2 heterocycles. The van der Waals surface area contributed by atoms with Gasteiger partial charge in [0.1, 0.15) is 37.0 Å². The molecule has 0 radical (unpaired) electrons. The lowest BCUT2D eigenvalue weighted by Crippen LogP contribution is -2.37. The van der Waals surface area contributed by atoms with Crippen LogP contribution in [0.25, 0.3) is 0 Å². The Morgan fingerprint density at radius 1 is 1.18 bits per heavy atom. The number of rotatable bonds is 9. The maximum Gasteiger partial charge on any atom is 0.288 e. The van der Waals surface area contributed by atoms with Crippen molar-refractivity contribution in [2.75, 3.05) is 6.54 Å². The molecule has 0 unspecified atom stereocenters. The summed E-state index contributed by atoms with van der Waals surface area (Å²) in [6, 6.07) is 12.7. The number of aromatic nitrogens is 3. The number of hydrogen-bond acceptors (Lipinski definition) is 8. The summed E-state index contributed by atoms with van der Waals surface area (Å²) in [6.07, 6.45) is -2.92. The molecule has 3 aromatic rings. The van der Waals surface area contributed by atoms with Gasteiger partial charge in [0.05, 0.1) is 0 Å². The van der Waals surface area contributed by atoms with Gasteiger partial charge in [-0.15, -0.1) is 5.10 Å². The molecule has 0 aliphatic carbocycles. The second kappa shape index (κ2) is 10.7. The zero-order chi connectivity index (χ0) is 24.2. The van der Waals surface area contributed by atoms with Crippen molar-refractivity contribution in [1.29, 1.82) is 0 Å². The summed E-state index contributed by atoms with van der Waals surface area (Å²) in [6.45, 7) is 0.937. The van der Waals surface area contributed by atoms with Crippen LogP contribution >= 0.6 is 23.2 Å². The van der Waals surface area contributed by atoms with Crippen LogP contribution in [0.15, 0.2) is 48.8 Å². The van der Waals surface area contributed by atoms with E-state index in [4.69, 9.17) is 38.4 Å². The van der Waals surface area contributed by atoms with Crippen LogP contribution in [0, 0.1) is 0 Å². The molecule has 0 saturated carbocycles. The van der Waals surface area contributed by atoms with E-state index in [1.54, 1.807) is 12.1 Å². The van der Waals surface area contributed by atoms with Crippen molar-refractivity contribution < 1.29 is 24.5 Å². The van der Waals surface area contributed by atoms with E-state index in [-0.39, 0.29) is 19.0 Å². The highest BCUT2D eigenvalue weighted by Gasteiger charge is 2.44. The number of carbonyl (C=O) groups excluding carboxylic acids is 1. The highest BCUT2D eigenvalue weighted by atomic mass is 35.5. The van der Waals surface area contributed by atoms with Crippen molar-refractivity contribution in [3.63, 3.8) is 0 Å². The number of carbonyl (C=O) groups is 1. The van der Waals surface area contributed by atoms with Crippen molar-refractivity contribution in [2.24, 2.45) is 5.73 Å².